The molecule has 7 nitrogen and oxygen atoms in total. The minimum Gasteiger partial charge on any atom is -0.497 e. The third-order valence-electron chi connectivity index (χ3n) is 4.22. The van der Waals surface area contributed by atoms with E-state index in [0.29, 0.717) is 28.2 Å². The Bertz CT molecular complexity index is 1100. The second-order valence-electron chi connectivity index (χ2n) is 6.24. The Balaban J connectivity index is 1.60. The van der Waals surface area contributed by atoms with Crippen molar-refractivity contribution in [3.8, 4) is 17.2 Å². The van der Waals surface area contributed by atoms with E-state index in [1.807, 2.05) is 0 Å². The van der Waals surface area contributed by atoms with Crippen LogP contribution in [0.3, 0.4) is 0 Å². The highest BCUT2D eigenvalue weighted by Gasteiger charge is 2.12. The van der Waals surface area contributed by atoms with E-state index in [4.69, 9.17) is 25.8 Å². The molecule has 158 valence electrons. The van der Waals surface area contributed by atoms with Gasteiger partial charge in [0.1, 0.15) is 17.2 Å². The number of amides is 1. The number of hydrogen-bond donors (Lipinski definition) is 1. The lowest BCUT2D eigenvalue weighted by Gasteiger charge is -2.07. The SMILES string of the molecule is COc1ccc(C(=O)NN=Cc2ccc(OC(=O)c3ccc(OC)cc3)c(Cl)c2)cc1. The number of esters is 1. The number of benzene rings is 3. The summed E-state index contributed by atoms with van der Waals surface area (Å²) >= 11 is 6.22. The number of ether oxygens (including phenoxy) is 3. The van der Waals surface area contributed by atoms with Crippen LogP contribution in [0.2, 0.25) is 5.02 Å². The van der Waals surface area contributed by atoms with Crippen LogP contribution in [-0.2, 0) is 0 Å². The van der Waals surface area contributed by atoms with Gasteiger partial charge < -0.3 is 14.2 Å². The number of nitrogens with zero attached hydrogens (tertiary/aromatic N) is 1. The van der Waals surface area contributed by atoms with Crippen LogP contribution in [0.1, 0.15) is 26.3 Å². The Kier molecular flexibility index (Phi) is 7.24. The minimum absolute atomic E-state index is 0.210. The van der Waals surface area contributed by atoms with Gasteiger partial charge in [-0.15, -0.1) is 0 Å². The topological polar surface area (TPSA) is 86.2 Å². The van der Waals surface area contributed by atoms with E-state index in [2.05, 4.69) is 10.5 Å². The number of methoxy groups -OCH3 is 2. The predicted molar refractivity (Wildman–Crippen MR) is 117 cm³/mol. The Morgan fingerprint density at radius 2 is 1.45 bits per heavy atom. The summed E-state index contributed by atoms with van der Waals surface area (Å²) in [5, 5.41) is 4.15. The number of carbonyl (C=O) groups excluding carboxylic acids is 2. The Morgan fingerprint density at radius 1 is 0.871 bits per heavy atom. The molecular formula is C23H19ClN2O5. The van der Waals surface area contributed by atoms with Gasteiger partial charge in [-0.2, -0.15) is 5.10 Å². The fourth-order valence-electron chi connectivity index (χ4n) is 2.54. The van der Waals surface area contributed by atoms with Crippen molar-refractivity contribution in [2.45, 2.75) is 0 Å². The lowest BCUT2D eigenvalue weighted by Crippen LogP contribution is -2.17. The Labute approximate surface area is 184 Å². The molecule has 0 radical (unpaired) electrons. The summed E-state index contributed by atoms with van der Waals surface area (Å²) in [6, 6.07) is 17.9. The van der Waals surface area contributed by atoms with Gasteiger partial charge >= 0.3 is 5.97 Å². The first kappa shape index (κ1) is 21.9. The number of nitrogens with one attached hydrogen (secondary N) is 1. The Morgan fingerprint density at radius 3 is 2.00 bits per heavy atom. The molecule has 0 heterocycles. The van der Waals surface area contributed by atoms with Crippen LogP contribution in [0, 0.1) is 0 Å². The van der Waals surface area contributed by atoms with Crippen LogP contribution >= 0.6 is 11.6 Å². The number of rotatable bonds is 7. The lowest BCUT2D eigenvalue weighted by molar-refractivity contribution is 0.0734. The largest absolute Gasteiger partial charge is 0.497 e. The van der Waals surface area contributed by atoms with E-state index in [1.165, 1.54) is 6.21 Å². The fraction of sp³-hybridized carbons (Fsp3) is 0.0870. The summed E-state index contributed by atoms with van der Waals surface area (Å²) in [4.78, 5) is 24.4. The van der Waals surface area contributed by atoms with Gasteiger partial charge in [0.05, 0.1) is 31.0 Å². The highest BCUT2D eigenvalue weighted by molar-refractivity contribution is 6.32. The van der Waals surface area contributed by atoms with E-state index < -0.39 is 5.97 Å². The van der Waals surface area contributed by atoms with Crippen molar-refractivity contribution in [2.75, 3.05) is 14.2 Å². The number of hydrogen-bond acceptors (Lipinski definition) is 6. The van der Waals surface area contributed by atoms with Gasteiger partial charge in [0.25, 0.3) is 5.91 Å². The first-order valence-electron chi connectivity index (χ1n) is 9.13. The molecule has 0 aliphatic rings. The molecule has 0 saturated heterocycles. The van der Waals surface area contributed by atoms with Gasteiger partial charge in [-0.25, -0.2) is 10.2 Å². The van der Waals surface area contributed by atoms with Crippen molar-refractivity contribution in [2.24, 2.45) is 5.10 Å². The van der Waals surface area contributed by atoms with Gasteiger partial charge in [-0.05, 0) is 72.3 Å². The molecule has 0 bridgehead atoms. The molecule has 0 unspecified atom stereocenters. The standard InChI is InChI=1S/C23H19ClN2O5/c1-29-18-8-4-16(5-9-18)22(27)26-25-14-15-3-12-21(20(24)13-15)31-23(28)17-6-10-19(30-2)11-7-17/h3-14H,1-2H3,(H,26,27). The number of hydrazone groups is 1. The molecule has 3 aromatic carbocycles. The smallest absolute Gasteiger partial charge is 0.343 e. The summed E-state index contributed by atoms with van der Waals surface area (Å²) in [6.07, 6.45) is 1.43. The summed E-state index contributed by atoms with van der Waals surface area (Å²) in [5.41, 5.74) is 3.85. The van der Waals surface area contributed by atoms with E-state index in [0.717, 1.165) is 0 Å². The molecule has 8 heteroatoms. The molecule has 0 saturated carbocycles. The second-order valence-corrected chi connectivity index (χ2v) is 6.64. The summed E-state index contributed by atoms with van der Waals surface area (Å²) < 4.78 is 15.5. The zero-order valence-corrected chi connectivity index (χ0v) is 17.6. The van der Waals surface area contributed by atoms with Gasteiger partial charge in [-0.3, -0.25) is 4.79 Å². The van der Waals surface area contributed by atoms with Crippen LogP contribution in [0.15, 0.2) is 71.8 Å². The van der Waals surface area contributed by atoms with Crippen molar-refractivity contribution >= 4 is 29.7 Å². The monoisotopic (exact) mass is 438 g/mol. The van der Waals surface area contributed by atoms with E-state index in [-0.39, 0.29) is 16.7 Å². The maximum atomic E-state index is 12.3. The van der Waals surface area contributed by atoms with Gasteiger partial charge in [0, 0.05) is 5.56 Å². The molecular weight excluding hydrogens is 420 g/mol. The maximum Gasteiger partial charge on any atom is 0.343 e. The summed E-state index contributed by atoms with van der Waals surface area (Å²) in [7, 11) is 3.10. The lowest BCUT2D eigenvalue weighted by atomic mass is 10.2. The van der Waals surface area contributed by atoms with Crippen LogP contribution in [0.4, 0.5) is 0 Å². The van der Waals surface area contributed by atoms with Crippen LogP contribution in [-0.4, -0.2) is 32.3 Å². The zero-order valence-electron chi connectivity index (χ0n) is 16.8. The van der Waals surface area contributed by atoms with E-state index in [1.54, 1.807) is 80.9 Å². The average molecular weight is 439 g/mol. The van der Waals surface area contributed by atoms with Crippen LogP contribution in [0.25, 0.3) is 0 Å². The number of halogens is 1. The predicted octanol–water partition coefficient (Wildman–Crippen LogP) is 4.34. The van der Waals surface area contributed by atoms with E-state index in [9.17, 15) is 9.59 Å². The molecule has 1 amide bonds. The molecule has 3 rings (SSSR count). The third kappa shape index (κ3) is 5.83. The summed E-state index contributed by atoms with van der Waals surface area (Å²) in [6.45, 7) is 0. The Hall–Kier alpha value is -3.84. The number of carbonyl (C=O) groups is 2. The molecule has 0 aromatic heterocycles. The highest BCUT2D eigenvalue weighted by atomic mass is 35.5. The van der Waals surface area contributed by atoms with Gasteiger partial charge in [0.2, 0.25) is 0 Å². The molecule has 3 aromatic rings. The minimum atomic E-state index is -0.544. The molecule has 31 heavy (non-hydrogen) atoms. The molecule has 0 atom stereocenters. The maximum absolute atomic E-state index is 12.3. The molecule has 0 aliphatic heterocycles. The highest BCUT2D eigenvalue weighted by Crippen LogP contribution is 2.26. The van der Waals surface area contributed by atoms with Crippen molar-refractivity contribution in [3.05, 3.63) is 88.4 Å². The van der Waals surface area contributed by atoms with Gasteiger partial charge in [0.15, 0.2) is 0 Å². The van der Waals surface area contributed by atoms with Crippen LogP contribution in [0.5, 0.6) is 17.2 Å². The van der Waals surface area contributed by atoms with Gasteiger partial charge in [-0.1, -0.05) is 11.6 Å². The zero-order chi connectivity index (χ0) is 22.2. The summed E-state index contributed by atoms with van der Waals surface area (Å²) in [5.74, 6) is 0.592. The first-order valence-corrected chi connectivity index (χ1v) is 9.51. The van der Waals surface area contributed by atoms with Crippen molar-refractivity contribution in [3.63, 3.8) is 0 Å². The molecule has 0 fully saturated rings. The van der Waals surface area contributed by atoms with Crippen molar-refractivity contribution < 1.29 is 23.8 Å². The van der Waals surface area contributed by atoms with Crippen molar-refractivity contribution in [1.82, 2.24) is 5.43 Å². The van der Waals surface area contributed by atoms with Crippen LogP contribution < -0.4 is 19.6 Å². The van der Waals surface area contributed by atoms with Crippen molar-refractivity contribution in [1.29, 1.82) is 0 Å². The molecule has 1 N–H and O–H groups in total. The second kappa shape index (κ2) is 10.3. The average Bonchev–Trinajstić information content (AvgIpc) is 2.80. The molecule has 0 spiro atoms. The molecule has 0 aliphatic carbocycles. The van der Waals surface area contributed by atoms with E-state index >= 15 is 0 Å². The quantitative estimate of drug-likeness (QED) is 0.256. The fourth-order valence-corrected chi connectivity index (χ4v) is 2.77. The third-order valence-corrected chi connectivity index (χ3v) is 4.51. The first-order chi connectivity index (χ1) is 15.0. The normalized spacial score (nSPS) is 10.5.